The van der Waals surface area contributed by atoms with E-state index in [4.69, 9.17) is 4.74 Å². The summed E-state index contributed by atoms with van der Waals surface area (Å²) in [4.78, 5) is 11.3. The number of carbonyl (C=O) groups excluding carboxylic acids is 1. The van der Waals surface area contributed by atoms with Crippen molar-refractivity contribution in [2.45, 2.75) is 12.8 Å². The number of benzene rings is 1. The number of halogens is 1. The van der Waals surface area contributed by atoms with Crippen molar-refractivity contribution in [2.75, 3.05) is 6.61 Å². The maximum Gasteiger partial charge on any atom is 0.335 e. The summed E-state index contributed by atoms with van der Waals surface area (Å²) in [5.41, 5.74) is 2.02. The smallest absolute Gasteiger partial charge is 0.335 e. The largest absolute Gasteiger partial charge is 0.457 e. The first-order valence-corrected chi connectivity index (χ1v) is 5.65. The SMILES string of the molecule is O=C1OCC(Br)=C1CCc1ccccc1. The normalized spacial score (nSPS) is 15.7. The van der Waals surface area contributed by atoms with E-state index in [9.17, 15) is 4.79 Å². The molecule has 0 saturated carbocycles. The third-order valence-corrected chi connectivity index (χ3v) is 3.12. The average molecular weight is 267 g/mol. The van der Waals surface area contributed by atoms with Gasteiger partial charge in [-0.05, 0) is 18.4 Å². The molecule has 0 N–H and O–H groups in total. The van der Waals surface area contributed by atoms with Crippen LogP contribution in [0.2, 0.25) is 0 Å². The van der Waals surface area contributed by atoms with Gasteiger partial charge in [-0.2, -0.15) is 0 Å². The van der Waals surface area contributed by atoms with Gasteiger partial charge in [-0.1, -0.05) is 46.3 Å². The first-order valence-electron chi connectivity index (χ1n) is 4.86. The van der Waals surface area contributed by atoms with Gasteiger partial charge in [-0.3, -0.25) is 0 Å². The van der Waals surface area contributed by atoms with E-state index in [1.807, 2.05) is 18.2 Å². The van der Waals surface area contributed by atoms with Crippen molar-refractivity contribution in [1.29, 1.82) is 0 Å². The highest BCUT2D eigenvalue weighted by Crippen LogP contribution is 2.24. The molecule has 0 atom stereocenters. The lowest BCUT2D eigenvalue weighted by Crippen LogP contribution is -2.00. The molecule has 0 aromatic heterocycles. The summed E-state index contributed by atoms with van der Waals surface area (Å²) in [7, 11) is 0. The molecule has 0 spiro atoms. The van der Waals surface area contributed by atoms with Gasteiger partial charge in [0.1, 0.15) is 6.61 Å². The van der Waals surface area contributed by atoms with Gasteiger partial charge in [0.25, 0.3) is 0 Å². The summed E-state index contributed by atoms with van der Waals surface area (Å²) < 4.78 is 5.80. The lowest BCUT2D eigenvalue weighted by atomic mass is 10.1. The second kappa shape index (κ2) is 4.62. The van der Waals surface area contributed by atoms with Crippen LogP contribution in [0, 0.1) is 0 Å². The van der Waals surface area contributed by atoms with Crippen molar-refractivity contribution >= 4 is 21.9 Å². The minimum Gasteiger partial charge on any atom is -0.457 e. The molecule has 3 heteroatoms. The minimum absolute atomic E-state index is 0.183. The summed E-state index contributed by atoms with van der Waals surface area (Å²) in [6.07, 6.45) is 1.61. The monoisotopic (exact) mass is 266 g/mol. The number of carbonyl (C=O) groups is 1. The molecule has 1 heterocycles. The molecule has 0 fully saturated rings. The van der Waals surface area contributed by atoms with Crippen LogP contribution >= 0.6 is 15.9 Å². The summed E-state index contributed by atoms with van der Waals surface area (Å²) in [5.74, 6) is -0.183. The van der Waals surface area contributed by atoms with Crippen LogP contribution in [0.4, 0.5) is 0 Å². The van der Waals surface area contributed by atoms with Crippen LogP contribution in [0.1, 0.15) is 12.0 Å². The highest BCUT2D eigenvalue weighted by atomic mass is 79.9. The van der Waals surface area contributed by atoms with E-state index in [1.54, 1.807) is 0 Å². The van der Waals surface area contributed by atoms with Crippen molar-refractivity contribution in [2.24, 2.45) is 0 Å². The van der Waals surface area contributed by atoms with Gasteiger partial charge in [0.15, 0.2) is 0 Å². The summed E-state index contributed by atoms with van der Waals surface area (Å²) in [6, 6.07) is 10.1. The quantitative estimate of drug-likeness (QED) is 0.787. The van der Waals surface area contributed by atoms with E-state index in [1.165, 1.54) is 5.56 Å². The van der Waals surface area contributed by atoms with E-state index in [0.29, 0.717) is 6.61 Å². The fourth-order valence-corrected chi connectivity index (χ4v) is 2.04. The van der Waals surface area contributed by atoms with Gasteiger partial charge in [0.2, 0.25) is 0 Å². The zero-order valence-electron chi connectivity index (χ0n) is 8.20. The number of ether oxygens (including phenoxy) is 1. The van der Waals surface area contributed by atoms with Crippen LogP contribution in [0.3, 0.4) is 0 Å². The third kappa shape index (κ3) is 2.48. The van der Waals surface area contributed by atoms with E-state index < -0.39 is 0 Å². The Labute approximate surface area is 97.1 Å². The van der Waals surface area contributed by atoms with Gasteiger partial charge in [0, 0.05) is 4.48 Å². The Balaban J connectivity index is 2.00. The zero-order chi connectivity index (χ0) is 10.7. The Kier molecular flexibility index (Phi) is 3.21. The summed E-state index contributed by atoms with van der Waals surface area (Å²) in [6.45, 7) is 0.392. The van der Waals surface area contributed by atoms with E-state index in [2.05, 4.69) is 28.1 Å². The van der Waals surface area contributed by atoms with Crippen LogP contribution in [0.5, 0.6) is 0 Å². The second-order valence-corrected chi connectivity index (χ2v) is 4.40. The first kappa shape index (κ1) is 10.4. The van der Waals surface area contributed by atoms with E-state index >= 15 is 0 Å². The van der Waals surface area contributed by atoms with Crippen LogP contribution in [-0.4, -0.2) is 12.6 Å². The molecule has 1 aliphatic heterocycles. The predicted octanol–water partition coefficient (Wildman–Crippen LogP) is 2.83. The molecule has 78 valence electrons. The molecular weight excluding hydrogens is 256 g/mol. The van der Waals surface area contributed by atoms with Crippen molar-refractivity contribution in [1.82, 2.24) is 0 Å². The highest BCUT2D eigenvalue weighted by molar-refractivity contribution is 9.11. The topological polar surface area (TPSA) is 26.3 Å². The van der Waals surface area contributed by atoms with Gasteiger partial charge in [0.05, 0.1) is 5.57 Å². The lowest BCUT2D eigenvalue weighted by molar-refractivity contribution is -0.136. The molecular formula is C12H11BrO2. The van der Waals surface area contributed by atoms with Gasteiger partial charge in [-0.25, -0.2) is 4.79 Å². The molecule has 2 rings (SSSR count). The fraction of sp³-hybridized carbons (Fsp3) is 0.250. The molecule has 1 aliphatic rings. The fourth-order valence-electron chi connectivity index (χ4n) is 1.57. The zero-order valence-corrected chi connectivity index (χ0v) is 9.79. The number of hydrogen-bond donors (Lipinski definition) is 0. The summed E-state index contributed by atoms with van der Waals surface area (Å²) in [5, 5.41) is 0. The van der Waals surface area contributed by atoms with Gasteiger partial charge in [-0.15, -0.1) is 0 Å². The molecule has 2 nitrogen and oxygen atoms in total. The maximum absolute atomic E-state index is 11.3. The molecule has 1 aromatic carbocycles. The highest BCUT2D eigenvalue weighted by Gasteiger charge is 2.22. The second-order valence-electron chi connectivity index (χ2n) is 3.45. The maximum atomic E-state index is 11.3. The number of esters is 1. The molecule has 1 aromatic rings. The van der Waals surface area contributed by atoms with Crippen molar-refractivity contribution in [3.05, 3.63) is 46.0 Å². The molecule has 0 aliphatic carbocycles. The van der Waals surface area contributed by atoms with Crippen molar-refractivity contribution in [3.8, 4) is 0 Å². The standard InChI is InChI=1S/C12H11BrO2/c13-11-8-15-12(14)10(11)7-6-9-4-2-1-3-5-9/h1-5H,6-8H2. The Bertz CT molecular complexity index is 395. The van der Waals surface area contributed by atoms with Crippen LogP contribution < -0.4 is 0 Å². The van der Waals surface area contributed by atoms with Gasteiger partial charge < -0.3 is 4.74 Å². The lowest BCUT2D eigenvalue weighted by Gasteiger charge is -2.00. The molecule has 0 bridgehead atoms. The molecule has 0 saturated heterocycles. The number of hydrogen-bond acceptors (Lipinski definition) is 2. The van der Waals surface area contributed by atoms with E-state index in [0.717, 1.165) is 22.9 Å². The average Bonchev–Trinajstić information content (AvgIpc) is 2.58. The molecule has 0 amide bonds. The Morgan fingerprint density at radius 2 is 1.93 bits per heavy atom. The van der Waals surface area contributed by atoms with Crippen LogP contribution in [0.25, 0.3) is 0 Å². The van der Waals surface area contributed by atoms with Gasteiger partial charge >= 0.3 is 5.97 Å². The van der Waals surface area contributed by atoms with Crippen molar-refractivity contribution < 1.29 is 9.53 Å². The van der Waals surface area contributed by atoms with Crippen LogP contribution in [-0.2, 0) is 16.0 Å². The Hall–Kier alpha value is -1.09. The number of aryl methyl sites for hydroxylation is 1. The van der Waals surface area contributed by atoms with Crippen LogP contribution in [0.15, 0.2) is 40.4 Å². The Morgan fingerprint density at radius 3 is 2.53 bits per heavy atom. The first-order chi connectivity index (χ1) is 7.27. The predicted molar refractivity (Wildman–Crippen MR) is 61.7 cm³/mol. The molecule has 15 heavy (non-hydrogen) atoms. The minimum atomic E-state index is -0.183. The number of cyclic esters (lactones) is 1. The molecule has 0 radical (unpaired) electrons. The molecule has 0 unspecified atom stereocenters. The number of rotatable bonds is 3. The summed E-state index contributed by atoms with van der Waals surface area (Å²) >= 11 is 3.35. The third-order valence-electron chi connectivity index (χ3n) is 2.41. The Morgan fingerprint density at radius 1 is 1.20 bits per heavy atom. The van der Waals surface area contributed by atoms with Crippen molar-refractivity contribution in [3.63, 3.8) is 0 Å². The van der Waals surface area contributed by atoms with E-state index in [-0.39, 0.29) is 5.97 Å².